The van der Waals surface area contributed by atoms with E-state index >= 15 is 0 Å². The van der Waals surface area contributed by atoms with Crippen LogP contribution in [0, 0.1) is 6.92 Å². The van der Waals surface area contributed by atoms with Crippen LogP contribution in [0.5, 0.6) is 0 Å². The van der Waals surface area contributed by atoms with E-state index in [1.54, 1.807) is 6.07 Å². The molecule has 6 nitrogen and oxygen atoms in total. The fourth-order valence-electron chi connectivity index (χ4n) is 3.23. The molecule has 2 aromatic rings. The summed E-state index contributed by atoms with van der Waals surface area (Å²) < 4.78 is 5.57. The zero-order valence-corrected chi connectivity index (χ0v) is 16.3. The van der Waals surface area contributed by atoms with Crippen molar-refractivity contribution in [3.8, 4) is 0 Å². The zero-order valence-electron chi connectivity index (χ0n) is 16.3. The molecule has 1 atom stereocenters. The lowest BCUT2D eigenvalue weighted by molar-refractivity contribution is 0.0853. The molecule has 1 aromatic carbocycles. The van der Waals surface area contributed by atoms with Crippen LogP contribution in [0.15, 0.2) is 36.4 Å². The van der Waals surface area contributed by atoms with Gasteiger partial charge in [0, 0.05) is 31.8 Å². The highest BCUT2D eigenvalue weighted by Crippen LogP contribution is 2.19. The van der Waals surface area contributed by atoms with Crippen molar-refractivity contribution in [1.82, 2.24) is 15.3 Å². The summed E-state index contributed by atoms with van der Waals surface area (Å²) in [4.78, 5) is 23.7. The number of benzene rings is 1. The summed E-state index contributed by atoms with van der Waals surface area (Å²) in [5.74, 6) is 1.18. The molecule has 0 aliphatic carbocycles. The molecule has 6 heteroatoms. The molecule has 1 N–H and O–H groups in total. The molecule has 144 valence electrons. The molecule has 1 aromatic heterocycles. The van der Waals surface area contributed by atoms with Crippen LogP contribution in [-0.2, 0) is 11.3 Å². The van der Waals surface area contributed by atoms with Gasteiger partial charge in [-0.15, -0.1) is 0 Å². The van der Waals surface area contributed by atoms with Gasteiger partial charge in [-0.3, -0.25) is 4.79 Å². The maximum absolute atomic E-state index is 12.6. The summed E-state index contributed by atoms with van der Waals surface area (Å²) in [7, 11) is 0. The Bertz CT molecular complexity index is 758. The molecule has 2 heterocycles. The zero-order chi connectivity index (χ0) is 19.2. The van der Waals surface area contributed by atoms with Gasteiger partial charge in [-0.05, 0) is 39.2 Å². The lowest BCUT2D eigenvalue weighted by Gasteiger charge is -2.28. The minimum Gasteiger partial charge on any atom is -0.376 e. The molecule has 1 fully saturated rings. The van der Waals surface area contributed by atoms with Crippen LogP contribution in [0.1, 0.15) is 48.6 Å². The largest absolute Gasteiger partial charge is 0.376 e. The van der Waals surface area contributed by atoms with E-state index in [-0.39, 0.29) is 18.1 Å². The number of amides is 1. The molecule has 1 unspecified atom stereocenters. The predicted molar refractivity (Wildman–Crippen MR) is 106 cm³/mol. The maximum Gasteiger partial charge on any atom is 0.270 e. The van der Waals surface area contributed by atoms with Gasteiger partial charge in [0.25, 0.3) is 5.91 Å². The van der Waals surface area contributed by atoms with Crippen LogP contribution < -0.4 is 10.2 Å². The quantitative estimate of drug-likeness (QED) is 0.813. The van der Waals surface area contributed by atoms with Crippen LogP contribution in [0.25, 0.3) is 0 Å². The Hall–Kier alpha value is -2.47. The van der Waals surface area contributed by atoms with Crippen molar-refractivity contribution >= 4 is 11.7 Å². The van der Waals surface area contributed by atoms with Gasteiger partial charge in [-0.25, -0.2) is 9.97 Å². The van der Waals surface area contributed by atoms with Gasteiger partial charge in [0.15, 0.2) is 0 Å². The number of hydrogen-bond acceptors (Lipinski definition) is 5. The number of nitrogens with one attached hydrogen (secondary N) is 1. The maximum atomic E-state index is 12.6. The average Bonchev–Trinajstić information content (AvgIpc) is 3.18. The van der Waals surface area contributed by atoms with E-state index in [1.165, 1.54) is 5.56 Å². The molecule has 1 amide bonds. The van der Waals surface area contributed by atoms with Crippen molar-refractivity contribution in [2.75, 3.05) is 18.1 Å². The molecule has 1 aliphatic rings. The highest BCUT2D eigenvalue weighted by Gasteiger charge is 2.20. The summed E-state index contributed by atoms with van der Waals surface area (Å²) in [6.45, 7) is 8.09. The third-order valence-corrected chi connectivity index (χ3v) is 4.68. The Morgan fingerprint density at radius 3 is 2.74 bits per heavy atom. The van der Waals surface area contributed by atoms with Crippen LogP contribution in [-0.4, -0.2) is 41.2 Å². The molecule has 0 saturated carbocycles. The van der Waals surface area contributed by atoms with E-state index in [0.29, 0.717) is 18.1 Å². The molecule has 1 aliphatic heterocycles. The first kappa shape index (κ1) is 19.3. The van der Waals surface area contributed by atoms with Gasteiger partial charge in [-0.1, -0.05) is 30.3 Å². The van der Waals surface area contributed by atoms with E-state index in [4.69, 9.17) is 4.74 Å². The van der Waals surface area contributed by atoms with E-state index in [0.717, 1.165) is 31.8 Å². The lowest BCUT2D eigenvalue weighted by atomic mass is 10.2. The fraction of sp³-hybridized carbons (Fsp3) is 0.476. The highest BCUT2D eigenvalue weighted by atomic mass is 16.5. The molecular weight excluding hydrogens is 340 g/mol. The number of carbonyl (C=O) groups excluding carboxylic acids is 1. The van der Waals surface area contributed by atoms with Crippen molar-refractivity contribution in [3.63, 3.8) is 0 Å². The minimum atomic E-state index is -0.180. The average molecular weight is 368 g/mol. The van der Waals surface area contributed by atoms with Gasteiger partial charge >= 0.3 is 0 Å². The van der Waals surface area contributed by atoms with Crippen LogP contribution in [0.2, 0.25) is 0 Å². The number of ether oxygens (including phenoxy) is 1. The van der Waals surface area contributed by atoms with E-state index in [1.807, 2.05) is 25.1 Å². The van der Waals surface area contributed by atoms with E-state index in [2.05, 4.69) is 46.2 Å². The number of aryl methyl sites for hydroxylation is 1. The third kappa shape index (κ3) is 5.26. The lowest BCUT2D eigenvalue weighted by Crippen LogP contribution is -2.34. The number of nitrogens with zero attached hydrogens (tertiary/aromatic N) is 3. The van der Waals surface area contributed by atoms with E-state index < -0.39 is 0 Å². The Morgan fingerprint density at radius 1 is 1.30 bits per heavy atom. The van der Waals surface area contributed by atoms with Gasteiger partial charge in [0.1, 0.15) is 17.3 Å². The van der Waals surface area contributed by atoms with Crippen LogP contribution in [0.3, 0.4) is 0 Å². The van der Waals surface area contributed by atoms with Crippen molar-refractivity contribution in [3.05, 3.63) is 53.5 Å². The molecule has 0 radical (unpaired) electrons. The van der Waals surface area contributed by atoms with Gasteiger partial charge in [0.05, 0.1) is 6.10 Å². The fourth-order valence-corrected chi connectivity index (χ4v) is 3.23. The van der Waals surface area contributed by atoms with Crippen LogP contribution >= 0.6 is 0 Å². The summed E-state index contributed by atoms with van der Waals surface area (Å²) in [5.41, 5.74) is 1.60. The predicted octanol–water partition coefficient (Wildman–Crippen LogP) is 3.11. The summed E-state index contributed by atoms with van der Waals surface area (Å²) in [6.07, 6.45) is 2.16. The molecular formula is C21H28N4O2. The summed E-state index contributed by atoms with van der Waals surface area (Å²) >= 11 is 0. The van der Waals surface area contributed by atoms with Crippen LogP contribution in [0.4, 0.5) is 5.82 Å². The summed E-state index contributed by atoms with van der Waals surface area (Å²) in [5, 5.41) is 2.94. The second-order valence-corrected chi connectivity index (χ2v) is 7.21. The normalized spacial score (nSPS) is 16.5. The van der Waals surface area contributed by atoms with Gasteiger partial charge in [0.2, 0.25) is 0 Å². The smallest absolute Gasteiger partial charge is 0.270 e. The molecule has 0 spiro atoms. The second kappa shape index (κ2) is 8.95. The molecule has 27 heavy (non-hydrogen) atoms. The minimum absolute atomic E-state index is 0.113. The first-order valence-electron chi connectivity index (χ1n) is 9.59. The Labute approximate surface area is 161 Å². The van der Waals surface area contributed by atoms with Gasteiger partial charge < -0.3 is 15.0 Å². The SMILES string of the molecule is Cc1nc(C(=O)NCC2CCCO2)cc(N(Cc2ccccc2)C(C)C)n1. The Morgan fingerprint density at radius 2 is 2.07 bits per heavy atom. The van der Waals surface area contributed by atoms with Crippen molar-refractivity contribution in [1.29, 1.82) is 0 Å². The monoisotopic (exact) mass is 368 g/mol. The first-order valence-corrected chi connectivity index (χ1v) is 9.59. The number of rotatable bonds is 7. The molecule has 3 rings (SSSR count). The van der Waals surface area contributed by atoms with Crippen molar-refractivity contribution in [2.45, 2.75) is 52.3 Å². The van der Waals surface area contributed by atoms with Crippen molar-refractivity contribution < 1.29 is 9.53 Å². The number of aromatic nitrogens is 2. The highest BCUT2D eigenvalue weighted by molar-refractivity contribution is 5.93. The first-order chi connectivity index (χ1) is 13.0. The number of carbonyl (C=O) groups is 1. The number of hydrogen-bond donors (Lipinski definition) is 1. The third-order valence-electron chi connectivity index (χ3n) is 4.68. The van der Waals surface area contributed by atoms with E-state index in [9.17, 15) is 4.79 Å². The van der Waals surface area contributed by atoms with Crippen molar-refractivity contribution in [2.24, 2.45) is 0 Å². The molecule has 0 bridgehead atoms. The summed E-state index contributed by atoms with van der Waals surface area (Å²) in [6, 6.07) is 12.3. The Balaban J connectivity index is 1.76. The topological polar surface area (TPSA) is 67.3 Å². The Kier molecular flexibility index (Phi) is 6.40. The standard InChI is InChI=1S/C21H28N4O2/c1-15(2)25(14-17-8-5-4-6-9-17)20-12-19(23-16(3)24-20)21(26)22-13-18-10-7-11-27-18/h4-6,8-9,12,15,18H,7,10-11,13-14H2,1-3H3,(H,22,26). The van der Waals surface area contributed by atoms with Gasteiger partial charge in [-0.2, -0.15) is 0 Å². The second-order valence-electron chi connectivity index (χ2n) is 7.21. The number of anilines is 1. The molecule has 1 saturated heterocycles.